The van der Waals surface area contributed by atoms with Gasteiger partial charge in [-0.25, -0.2) is 4.98 Å². The molecule has 0 spiro atoms. The first-order valence-corrected chi connectivity index (χ1v) is 13.5. The monoisotopic (exact) mass is 579 g/mol. The molecule has 1 amide bonds. The van der Waals surface area contributed by atoms with Crippen LogP contribution in [-0.2, 0) is 12.8 Å². The highest BCUT2D eigenvalue weighted by molar-refractivity contribution is 9.10. The Morgan fingerprint density at radius 3 is 2.41 bits per heavy atom. The van der Waals surface area contributed by atoms with E-state index in [0.29, 0.717) is 33.5 Å². The second-order valence-electron chi connectivity index (χ2n) is 8.62. The largest absolute Gasteiger partial charge is 0.493 e. The number of nitrogens with zero attached hydrogens (tertiary/aromatic N) is 3. The molecule has 37 heavy (non-hydrogen) atoms. The van der Waals surface area contributed by atoms with Crippen molar-refractivity contribution in [3.63, 3.8) is 0 Å². The fourth-order valence-electron chi connectivity index (χ4n) is 4.45. The van der Waals surface area contributed by atoms with E-state index in [1.807, 2.05) is 30.3 Å². The number of hydrazone groups is 1. The first-order chi connectivity index (χ1) is 18.0. The Hall–Kier alpha value is -3.43. The van der Waals surface area contributed by atoms with E-state index in [9.17, 15) is 4.79 Å². The van der Waals surface area contributed by atoms with Gasteiger partial charge < -0.3 is 14.2 Å². The fraction of sp³-hybridized carbons (Fsp3) is 0.250. The molecule has 0 saturated heterocycles. The number of ether oxygens (including phenoxy) is 3. The number of aryl methyl sites for hydroxylation is 2. The fourth-order valence-corrected chi connectivity index (χ4v) is 5.93. The second-order valence-corrected chi connectivity index (χ2v) is 10.5. The Balaban J connectivity index is 1.57. The summed E-state index contributed by atoms with van der Waals surface area (Å²) >= 11 is 4.92. The van der Waals surface area contributed by atoms with Gasteiger partial charge in [0.25, 0.3) is 5.91 Å². The van der Waals surface area contributed by atoms with Crippen molar-refractivity contribution in [2.75, 3.05) is 26.3 Å². The minimum atomic E-state index is -0.241. The van der Waals surface area contributed by atoms with Crippen molar-refractivity contribution in [2.45, 2.75) is 25.7 Å². The number of halogens is 1. The van der Waals surface area contributed by atoms with Crippen LogP contribution in [0, 0.1) is 0 Å². The van der Waals surface area contributed by atoms with Crippen molar-refractivity contribution < 1.29 is 19.0 Å². The van der Waals surface area contributed by atoms with Crippen LogP contribution in [0.5, 0.6) is 17.2 Å². The van der Waals surface area contributed by atoms with Gasteiger partial charge in [0.15, 0.2) is 11.5 Å². The van der Waals surface area contributed by atoms with Crippen molar-refractivity contribution in [1.82, 2.24) is 4.98 Å². The van der Waals surface area contributed by atoms with Crippen molar-refractivity contribution in [1.29, 1.82) is 0 Å². The number of anilines is 1. The maximum absolute atomic E-state index is 13.8. The van der Waals surface area contributed by atoms with E-state index in [1.165, 1.54) is 33.9 Å². The quantitative estimate of drug-likeness (QED) is 0.181. The van der Waals surface area contributed by atoms with E-state index in [-0.39, 0.29) is 5.91 Å². The molecule has 9 heteroatoms. The first kappa shape index (κ1) is 25.2. The van der Waals surface area contributed by atoms with E-state index in [2.05, 4.69) is 27.1 Å². The van der Waals surface area contributed by atoms with Crippen LogP contribution in [-0.4, -0.2) is 38.4 Å². The van der Waals surface area contributed by atoms with Gasteiger partial charge in [-0.15, -0.1) is 0 Å². The van der Waals surface area contributed by atoms with Crippen LogP contribution in [0.25, 0.3) is 10.2 Å². The Bertz CT molecular complexity index is 1480. The summed E-state index contributed by atoms with van der Waals surface area (Å²) in [6, 6.07) is 15.4. The Labute approximate surface area is 227 Å². The van der Waals surface area contributed by atoms with Gasteiger partial charge in [-0.05, 0) is 79.3 Å². The van der Waals surface area contributed by atoms with Crippen LogP contribution in [0.4, 0.5) is 5.13 Å². The normalized spacial score (nSPS) is 13.0. The van der Waals surface area contributed by atoms with E-state index in [1.54, 1.807) is 39.7 Å². The SMILES string of the molecule is COc1cc(/C=N/N(C(=O)c2ccc3c(c2)CCCC3)c2nc3ccc(Br)cc3s2)cc(OC)c1OC. The highest BCUT2D eigenvalue weighted by Crippen LogP contribution is 2.38. The molecule has 3 aromatic carbocycles. The molecule has 1 heterocycles. The molecule has 0 saturated carbocycles. The number of benzene rings is 3. The lowest BCUT2D eigenvalue weighted by atomic mass is 9.90. The summed E-state index contributed by atoms with van der Waals surface area (Å²) < 4.78 is 18.3. The summed E-state index contributed by atoms with van der Waals surface area (Å²) in [7, 11) is 4.67. The van der Waals surface area contributed by atoms with Gasteiger partial charge in [-0.1, -0.05) is 33.3 Å². The minimum absolute atomic E-state index is 0.241. The third kappa shape index (κ3) is 5.19. The summed E-state index contributed by atoms with van der Waals surface area (Å²) in [6.45, 7) is 0. The minimum Gasteiger partial charge on any atom is -0.493 e. The third-order valence-corrected chi connectivity index (χ3v) is 7.80. The molecule has 1 aliphatic carbocycles. The Kier molecular flexibility index (Phi) is 7.43. The first-order valence-electron chi connectivity index (χ1n) is 11.9. The number of rotatable bonds is 7. The highest BCUT2D eigenvalue weighted by atomic mass is 79.9. The molecule has 0 fully saturated rings. The van der Waals surface area contributed by atoms with Gasteiger partial charge in [-0.3, -0.25) is 4.79 Å². The molecule has 0 radical (unpaired) electrons. The van der Waals surface area contributed by atoms with Gasteiger partial charge in [0, 0.05) is 15.6 Å². The van der Waals surface area contributed by atoms with Crippen molar-refractivity contribution in [2.24, 2.45) is 5.10 Å². The molecule has 7 nitrogen and oxygen atoms in total. The maximum Gasteiger partial charge on any atom is 0.280 e. The van der Waals surface area contributed by atoms with Gasteiger partial charge >= 0.3 is 0 Å². The molecule has 4 aromatic rings. The van der Waals surface area contributed by atoms with Crippen LogP contribution in [0.15, 0.2) is 58.1 Å². The number of carbonyl (C=O) groups excluding carboxylic acids is 1. The molecular formula is C28H26BrN3O4S. The van der Waals surface area contributed by atoms with Crippen LogP contribution in [0.2, 0.25) is 0 Å². The number of hydrogen-bond acceptors (Lipinski definition) is 7. The standard InChI is InChI=1S/C28H26BrN3O4S/c1-34-23-12-17(13-24(35-2)26(23)36-3)16-30-32(28-31-22-11-10-21(29)15-25(22)37-28)27(33)20-9-8-18-6-4-5-7-19(18)14-20/h8-16H,4-7H2,1-3H3/b30-16+. The lowest BCUT2D eigenvalue weighted by Crippen LogP contribution is -2.26. The summed E-state index contributed by atoms with van der Waals surface area (Å²) in [4.78, 5) is 18.6. The molecule has 5 rings (SSSR count). The zero-order valence-corrected chi connectivity index (χ0v) is 23.2. The van der Waals surface area contributed by atoms with Gasteiger partial charge in [0.05, 0.1) is 37.8 Å². The number of amides is 1. The van der Waals surface area contributed by atoms with E-state index < -0.39 is 0 Å². The van der Waals surface area contributed by atoms with Crippen LogP contribution in [0.3, 0.4) is 0 Å². The molecule has 0 unspecified atom stereocenters. The third-order valence-electron chi connectivity index (χ3n) is 6.32. The molecular weight excluding hydrogens is 554 g/mol. The summed E-state index contributed by atoms with van der Waals surface area (Å²) in [5.74, 6) is 1.25. The van der Waals surface area contributed by atoms with E-state index in [0.717, 1.165) is 34.0 Å². The van der Waals surface area contributed by atoms with Gasteiger partial charge in [0.1, 0.15) is 0 Å². The van der Waals surface area contributed by atoms with Gasteiger partial charge in [0.2, 0.25) is 10.9 Å². The highest BCUT2D eigenvalue weighted by Gasteiger charge is 2.23. The summed E-state index contributed by atoms with van der Waals surface area (Å²) in [5, 5.41) is 6.47. The zero-order chi connectivity index (χ0) is 25.9. The number of aromatic nitrogens is 1. The van der Waals surface area contributed by atoms with Crippen molar-refractivity contribution in [3.05, 3.63) is 75.3 Å². The van der Waals surface area contributed by atoms with E-state index in [4.69, 9.17) is 19.2 Å². The van der Waals surface area contributed by atoms with Crippen LogP contribution in [0.1, 0.15) is 39.9 Å². The molecule has 1 aromatic heterocycles. The molecule has 0 bridgehead atoms. The average Bonchev–Trinajstić information content (AvgIpc) is 3.34. The second kappa shape index (κ2) is 10.9. The van der Waals surface area contributed by atoms with Crippen molar-refractivity contribution >= 4 is 54.7 Å². The zero-order valence-electron chi connectivity index (χ0n) is 20.8. The smallest absolute Gasteiger partial charge is 0.280 e. The number of carbonyl (C=O) groups is 1. The molecule has 1 aliphatic rings. The predicted octanol–water partition coefficient (Wildman–Crippen LogP) is 6.64. The number of hydrogen-bond donors (Lipinski definition) is 0. The summed E-state index contributed by atoms with van der Waals surface area (Å²) in [6.07, 6.45) is 5.97. The van der Waals surface area contributed by atoms with E-state index >= 15 is 0 Å². The Morgan fingerprint density at radius 2 is 1.70 bits per heavy atom. The molecule has 190 valence electrons. The lowest BCUT2D eigenvalue weighted by Gasteiger charge is -2.18. The maximum atomic E-state index is 13.8. The number of methoxy groups -OCH3 is 3. The topological polar surface area (TPSA) is 73.2 Å². The molecule has 0 atom stereocenters. The Morgan fingerprint density at radius 1 is 0.973 bits per heavy atom. The van der Waals surface area contributed by atoms with Crippen LogP contribution >= 0.6 is 27.3 Å². The number of thiazole rings is 1. The van der Waals surface area contributed by atoms with Crippen LogP contribution < -0.4 is 19.2 Å². The predicted molar refractivity (Wildman–Crippen MR) is 151 cm³/mol. The van der Waals surface area contributed by atoms with Gasteiger partial charge in [-0.2, -0.15) is 10.1 Å². The van der Waals surface area contributed by atoms with Crippen molar-refractivity contribution in [3.8, 4) is 17.2 Å². The summed E-state index contributed by atoms with van der Waals surface area (Å²) in [5.41, 5.74) is 4.62. The number of fused-ring (bicyclic) bond motifs is 2. The average molecular weight is 581 g/mol. The molecule has 0 N–H and O–H groups in total. The lowest BCUT2D eigenvalue weighted by molar-refractivity contribution is 0.0987. The molecule has 0 aliphatic heterocycles.